The van der Waals surface area contributed by atoms with Crippen molar-refractivity contribution in [2.75, 3.05) is 0 Å². The number of fused-ring (bicyclic) bond motifs is 5. The molecule has 0 aromatic carbocycles. The summed E-state index contributed by atoms with van der Waals surface area (Å²) in [4.78, 5) is 39.0. The minimum atomic E-state index is -1.06. The van der Waals surface area contributed by atoms with Crippen molar-refractivity contribution in [1.29, 1.82) is 0 Å². The van der Waals surface area contributed by atoms with E-state index in [0.717, 1.165) is 32.1 Å². The molecule has 0 heterocycles. The first-order chi connectivity index (χ1) is 17.1. The summed E-state index contributed by atoms with van der Waals surface area (Å²) in [6.45, 7) is 16.0. The van der Waals surface area contributed by atoms with E-state index in [-0.39, 0.29) is 34.3 Å². The normalized spacial score (nSPS) is 41.6. The Kier molecular flexibility index (Phi) is 7.58. The Morgan fingerprint density at radius 2 is 1.62 bits per heavy atom. The highest BCUT2D eigenvalue weighted by atomic mass is 16.6. The monoisotopic (exact) mass is 516 g/mol. The van der Waals surface area contributed by atoms with Gasteiger partial charge in [-0.05, 0) is 139 Å². The van der Waals surface area contributed by atoms with E-state index in [1.807, 2.05) is 20.8 Å². The number of rotatable bonds is 6. The quantitative estimate of drug-likeness (QED) is 0.320. The lowest BCUT2D eigenvalue weighted by Crippen LogP contribution is -2.66. The molecular weight excluding hydrogens is 464 g/mol. The Labute approximate surface area is 224 Å². The predicted octanol–water partition coefficient (Wildman–Crippen LogP) is 6.54. The topological polar surface area (TPSA) is 80.7 Å². The molecule has 4 rings (SSSR count). The fourth-order valence-electron chi connectivity index (χ4n) is 10.7. The van der Waals surface area contributed by atoms with Crippen molar-refractivity contribution in [3.05, 3.63) is 0 Å². The molecule has 4 fully saturated rings. The number of aliphatic hydroxyl groups is 1. The van der Waals surface area contributed by atoms with Crippen LogP contribution in [0.2, 0.25) is 0 Å². The number of esters is 1. The standard InChI is InChI=1S/C32H52O5/c1-19(9-14-28(36)37-29(4,5)6)25-12-13-26-24-11-10-22-17-23(35)18-32(20(2)33,21(3)34)31(22,8)27(24)15-16-30(25,26)7/h19,22-27,35H,9-18H2,1-8H3/t19-,22?,23+,24+,25-,26+,27+,30-,31-/m1/s1. The Morgan fingerprint density at radius 1 is 0.973 bits per heavy atom. The molecule has 0 aliphatic heterocycles. The fraction of sp³-hybridized carbons (Fsp3) is 0.906. The molecular formula is C32H52O5. The van der Waals surface area contributed by atoms with Gasteiger partial charge in [0.2, 0.25) is 0 Å². The average Bonchev–Trinajstić information content (AvgIpc) is 3.13. The molecule has 4 saturated carbocycles. The summed E-state index contributed by atoms with van der Waals surface area (Å²) in [5.74, 6) is 2.56. The molecule has 1 N–H and O–H groups in total. The molecule has 0 aromatic rings. The molecule has 0 radical (unpaired) electrons. The van der Waals surface area contributed by atoms with Crippen LogP contribution in [0.15, 0.2) is 0 Å². The number of Topliss-reactive ketones (excluding diaryl/α,β-unsaturated/α-hetero) is 2. The maximum Gasteiger partial charge on any atom is 0.306 e. The Bertz CT molecular complexity index is 903. The van der Waals surface area contributed by atoms with Crippen molar-refractivity contribution in [1.82, 2.24) is 0 Å². The summed E-state index contributed by atoms with van der Waals surface area (Å²) in [5.41, 5.74) is -1.65. The Hall–Kier alpha value is -1.23. The van der Waals surface area contributed by atoms with Crippen molar-refractivity contribution in [3.63, 3.8) is 0 Å². The maximum atomic E-state index is 13.3. The summed E-state index contributed by atoms with van der Waals surface area (Å²) in [6, 6.07) is 0. The highest BCUT2D eigenvalue weighted by molar-refractivity contribution is 6.06. The first kappa shape index (κ1) is 28.8. The number of carbonyl (C=O) groups is 3. The first-order valence-electron chi connectivity index (χ1n) is 15.0. The van der Waals surface area contributed by atoms with Crippen molar-refractivity contribution in [3.8, 4) is 0 Å². The molecule has 5 nitrogen and oxygen atoms in total. The zero-order valence-electron chi connectivity index (χ0n) is 24.7. The lowest BCUT2D eigenvalue weighted by molar-refractivity contribution is -0.200. The molecule has 0 saturated heterocycles. The van der Waals surface area contributed by atoms with E-state index in [9.17, 15) is 19.5 Å². The summed E-state index contributed by atoms with van der Waals surface area (Å²) in [7, 11) is 0. The van der Waals surface area contributed by atoms with Gasteiger partial charge in [0.15, 0.2) is 0 Å². The van der Waals surface area contributed by atoms with Gasteiger partial charge in [0.05, 0.1) is 11.5 Å². The molecule has 9 atom stereocenters. The van der Waals surface area contributed by atoms with Crippen LogP contribution in [0.1, 0.15) is 120 Å². The molecule has 210 valence electrons. The van der Waals surface area contributed by atoms with Crippen LogP contribution < -0.4 is 0 Å². The van der Waals surface area contributed by atoms with Crippen LogP contribution >= 0.6 is 0 Å². The van der Waals surface area contributed by atoms with Gasteiger partial charge in [-0.15, -0.1) is 0 Å². The molecule has 4 aliphatic rings. The van der Waals surface area contributed by atoms with E-state index in [2.05, 4.69) is 20.8 Å². The van der Waals surface area contributed by atoms with Crippen LogP contribution in [0.4, 0.5) is 0 Å². The third kappa shape index (κ3) is 4.53. The molecule has 37 heavy (non-hydrogen) atoms. The van der Waals surface area contributed by atoms with Gasteiger partial charge in [0.25, 0.3) is 0 Å². The van der Waals surface area contributed by atoms with E-state index in [0.29, 0.717) is 48.9 Å². The minimum absolute atomic E-state index is 0.0414. The third-order valence-corrected chi connectivity index (χ3v) is 12.1. The largest absolute Gasteiger partial charge is 0.460 e. The second-order valence-corrected chi connectivity index (χ2v) is 14.9. The van der Waals surface area contributed by atoms with Crippen LogP contribution in [0, 0.1) is 51.8 Å². The van der Waals surface area contributed by atoms with Crippen LogP contribution in [0.5, 0.6) is 0 Å². The molecule has 0 amide bonds. The van der Waals surface area contributed by atoms with Gasteiger partial charge < -0.3 is 9.84 Å². The van der Waals surface area contributed by atoms with Crippen molar-refractivity contribution in [2.45, 2.75) is 131 Å². The minimum Gasteiger partial charge on any atom is -0.460 e. The predicted molar refractivity (Wildman–Crippen MR) is 145 cm³/mol. The smallest absolute Gasteiger partial charge is 0.306 e. The fourth-order valence-corrected chi connectivity index (χ4v) is 10.7. The van der Waals surface area contributed by atoms with Gasteiger partial charge in [-0.25, -0.2) is 0 Å². The lowest BCUT2D eigenvalue weighted by atomic mass is 9.37. The van der Waals surface area contributed by atoms with Crippen LogP contribution in [-0.2, 0) is 19.1 Å². The lowest BCUT2D eigenvalue weighted by Gasteiger charge is -2.66. The van der Waals surface area contributed by atoms with Crippen molar-refractivity contribution >= 4 is 17.5 Å². The molecule has 4 aliphatic carbocycles. The summed E-state index contributed by atoms with van der Waals surface area (Å²) >= 11 is 0. The van der Waals surface area contributed by atoms with Gasteiger partial charge >= 0.3 is 5.97 Å². The zero-order valence-corrected chi connectivity index (χ0v) is 24.7. The Balaban J connectivity index is 1.57. The van der Waals surface area contributed by atoms with E-state index in [4.69, 9.17) is 4.74 Å². The van der Waals surface area contributed by atoms with Gasteiger partial charge in [-0.1, -0.05) is 20.8 Å². The van der Waals surface area contributed by atoms with Gasteiger partial charge in [-0.2, -0.15) is 0 Å². The highest BCUT2D eigenvalue weighted by Crippen LogP contribution is 2.71. The second kappa shape index (κ2) is 9.75. The van der Waals surface area contributed by atoms with Gasteiger partial charge in [0, 0.05) is 6.42 Å². The van der Waals surface area contributed by atoms with E-state index < -0.39 is 17.1 Å². The Morgan fingerprint density at radius 3 is 2.22 bits per heavy atom. The number of ether oxygens (including phenoxy) is 1. The number of hydrogen-bond donors (Lipinski definition) is 1. The van der Waals surface area contributed by atoms with E-state index in [1.54, 1.807) is 13.8 Å². The molecule has 5 heteroatoms. The first-order valence-corrected chi connectivity index (χ1v) is 15.0. The SMILES string of the molecule is CC(=O)C1(C(C)=O)C[C@@H](O)CC2CC[C@H]3[C@@H]4CC[C@H]([C@H](C)CCC(=O)OC(C)(C)C)[C@@]4(C)CC[C@@H]3[C@@]21C. The van der Waals surface area contributed by atoms with Crippen LogP contribution in [-0.4, -0.2) is 34.3 Å². The average molecular weight is 517 g/mol. The maximum absolute atomic E-state index is 13.3. The molecule has 0 aromatic heterocycles. The van der Waals surface area contributed by atoms with E-state index >= 15 is 0 Å². The highest BCUT2D eigenvalue weighted by Gasteiger charge is 2.69. The van der Waals surface area contributed by atoms with Crippen LogP contribution in [0.3, 0.4) is 0 Å². The van der Waals surface area contributed by atoms with Gasteiger partial charge in [-0.3, -0.25) is 14.4 Å². The second-order valence-electron chi connectivity index (χ2n) is 14.9. The van der Waals surface area contributed by atoms with E-state index in [1.165, 1.54) is 12.8 Å². The molecule has 0 spiro atoms. The molecule has 1 unspecified atom stereocenters. The number of carbonyl (C=O) groups excluding carboxylic acids is 3. The third-order valence-electron chi connectivity index (χ3n) is 12.1. The number of ketones is 2. The molecule has 0 bridgehead atoms. The summed E-state index contributed by atoms with van der Waals surface area (Å²) in [5, 5.41) is 10.8. The van der Waals surface area contributed by atoms with Gasteiger partial charge in [0.1, 0.15) is 17.2 Å². The zero-order chi connectivity index (χ0) is 27.6. The summed E-state index contributed by atoms with van der Waals surface area (Å²) in [6.07, 6.45) is 8.50. The van der Waals surface area contributed by atoms with Crippen molar-refractivity contribution in [2.24, 2.45) is 51.8 Å². The number of hydrogen-bond acceptors (Lipinski definition) is 5. The van der Waals surface area contributed by atoms with Crippen LogP contribution in [0.25, 0.3) is 0 Å². The summed E-state index contributed by atoms with van der Waals surface area (Å²) < 4.78 is 5.57. The number of aliphatic hydroxyl groups excluding tert-OH is 1. The van der Waals surface area contributed by atoms with Crippen molar-refractivity contribution < 1.29 is 24.2 Å².